The highest BCUT2D eigenvalue weighted by Gasteiger charge is 2.53. The maximum absolute atomic E-state index is 14.4. The van der Waals surface area contributed by atoms with Crippen LogP contribution in [0.15, 0.2) is 48.5 Å². The fourth-order valence-corrected chi connectivity index (χ4v) is 3.79. The van der Waals surface area contributed by atoms with Crippen LogP contribution in [0, 0.1) is 5.82 Å². The number of halogens is 2. The van der Waals surface area contributed by atoms with E-state index in [4.69, 9.17) is 4.74 Å². The smallest absolute Gasteiger partial charge is 0.146 e. The molecule has 0 aromatic heterocycles. The Bertz CT molecular complexity index is 692. The van der Waals surface area contributed by atoms with Crippen molar-refractivity contribution in [1.29, 1.82) is 0 Å². The summed E-state index contributed by atoms with van der Waals surface area (Å²) >= 11 is 0. The third-order valence-electron chi connectivity index (χ3n) is 4.84. The van der Waals surface area contributed by atoms with E-state index in [0.717, 1.165) is 25.3 Å². The van der Waals surface area contributed by atoms with Crippen molar-refractivity contribution in [2.45, 2.75) is 17.9 Å². The van der Waals surface area contributed by atoms with Gasteiger partial charge in [-0.2, -0.15) is 0 Å². The average Bonchev–Trinajstić information content (AvgIpc) is 2.83. The molecule has 4 heteroatoms. The van der Waals surface area contributed by atoms with Crippen LogP contribution in [0.2, 0.25) is 0 Å². The summed E-state index contributed by atoms with van der Waals surface area (Å²) in [7, 11) is 2.12. The lowest BCUT2D eigenvalue weighted by atomic mass is 9.74. The molecule has 0 aliphatic carbocycles. The van der Waals surface area contributed by atoms with Crippen LogP contribution in [-0.2, 0) is 5.60 Å². The second-order valence-electron chi connectivity index (χ2n) is 6.07. The van der Waals surface area contributed by atoms with Crippen LogP contribution in [0.25, 0.3) is 0 Å². The Hall–Kier alpha value is -1.58. The Labute approximate surface area is 136 Å². The molecule has 4 rings (SSSR count). The summed E-state index contributed by atoms with van der Waals surface area (Å²) in [5, 5.41) is 0. The zero-order chi connectivity index (χ0) is 14.4. The van der Waals surface area contributed by atoms with Gasteiger partial charge < -0.3 is 9.64 Å². The van der Waals surface area contributed by atoms with Crippen LogP contribution in [0.1, 0.15) is 23.5 Å². The Balaban J connectivity index is 0.00000144. The van der Waals surface area contributed by atoms with Crippen molar-refractivity contribution < 1.29 is 9.13 Å². The Morgan fingerprint density at radius 1 is 1.14 bits per heavy atom. The number of ether oxygens (including phenoxy) is 1. The molecule has 2 nitrogen and oxygen atoms in total. The van der Waals surface area contributed by atoms with Crippen molar-refractivity contribution >= 4 is 12.4 Å². The molecule has 2 aromatic rings. The van der Waals surface area contributed by atoms with Crippen molar-refractivity contribution in [3.63, 3.8) is 0 Å². The predicted octanol–water partition coefficient (Wildman–Crippen LogP) is 3.95. The number of rotatable bonds is 1. The Kier molecular flexibility index (Phi) is 3.87. The summed E-state index contributed by atoms with van der Waals surface area (Å²) in [5.74, 6) is 0.922. The van der Waals surface area contributed by atoms with E-state index < -0.39 is 5.60 Å². The standard InChI is InChI=1S/C18H18FNO.ClH/c1-20-11-10-18(14-7-3-4-8-16(14)19)15(12-20)13-6-2-5-9-17(13)21-18;/h2-9,15H,10-12H2,1H3;1H/t15-,18+;/m1./s1. The zero-order valence-electron chi connectivity index (χ0n) is 12.5. The van der Waals surface area contributed by atoms with Crippen molar-refractivity contribution in [1.82, 2.24) is 4.90 Å². The molecule has 116 valence electrons. The molecule has 0 unspecified atom stereocenters. The summed E-state index contributed by atoms with van der Waals surface area (Å²) in [6.45, 7) is 1.81. The second-order valence-corrected chi connectivity index (χ2v) is 6.07. The minimum atomic E-state index is -0.554. The van der Waals surface area contributed by atoms with E-state index >= 15 is 0 Å². The van der Waals surface area contributed by atoms with Crippen molar-refractivity contribution in [2.75, 3.05) is 20.1 Å². The fraction of sp³-hybridized carbons (Fsp3) is 0.333. The maximum Gasteiger partial charge on any atom is 0.146 e. The Morgan fingerprint density at radius 2 is 1.86 bits per heavy atom. The van der Waals surface area contributed by atoms with Gasteiger partial charge >= 0.3 is 0 Å². The Morgan fingerprint density at radius 3 is 2.68 bits per heavy atom. The van der Waals surface area contributed by atoms with E-state index in [9.17, 15) is 4.39 Å². The molecule has 1 fully saturated rings. The fourth-order valence-electron chi connectivity index (χ4n) is 3.79. The monoisotopic (exact) mass is 319 g/mol. The molecule has 2 aliphatic rings. The van der Waals surface area contributed by atoms with Gasteiger partial charge in [0.1, 0.15) is 17.2 Å². The number of fused-ring (bicyclic) bond motifs is 3. The number of likely N-dealkylation sites (tertiary alicyclic amines) is 1. The number of benzene rings is 2. The van der Waals surface area contributed by atoms with Gasteiger partial charge in [-0.3, -0.25) is 0 Å². The van der Waals surface area contributed by atoms with E-state index in [0.29, 0.717) is 5.56 Å². The molecule has 22 heavy (non-hydrogen) atoms. The summed E-state index contributed by atoms with van der Waals surface area (Å²) in [6, 6.07) is 15.2. The van der Waals surface area contributed by atoms with Crippen LogP contribution >= 0.6 is 12.4 Å². The molecule has 0 bridgehead atoms. The molecule has 2 heterocycles. The van der Waals surface area contributed by atoms with Gasteiger partial charge in [-0.15, -0.1) is 12.4 Å². The number of hydrogen-bond acceptors (Lipinski definition) is 2. The molecular formula is C18H19ClFNO. The highest BCUT2D eigenvalue weighted by atomic mass is 35.5. The van der Waals surface area contributed by atoms with Gasteiger partial charge in [0.05, 0.1) is 0 Å². The lowest BCUT2D eigenvalue weighted by Crippen LogP contribution is -2.48. The average molecular weight is 320 g/mol. The minimum Gasteiger partial charge on any atom is -0.481 e. The lowest BCUT2D eigenvalue weighted by Gasteiger charge is -2.42. The van der Waals surface area contributed by atoms with Crippen LogP contribution in [0.3, 0.4) is 0 Å². The van der Waals surface area contributed by atoms with Crippen LogP contribution < -0.4 is 4.74 Å². The zero-order valence-corrected chi connectivity index (χ0v) is 13.3. The third-order valence-corrected chi connectivity index (χ3v) is 4.84. The minimum absolute atomic E-state index is 0. The highest BCUT2D eigenvalue weighted by molar-refractivity contribution is 5.85. The molecule has 0 radical (unpaired) electrons. The number of likely N-dealkylation sites (N-methyl/N-ethyl adjacent to an activating group) is 1. The SMILES string of the molecule is CN1CC[C@@]2(c3ccccc3F)Oc3ccccc3[C@H]2C1.Cl. The lowest BCUT2D eigenvalue weighted by molar-refractivity contribution is 0.00417. The summed E-state index contributed by atoms with van der Waals surface area (Å²) in [4.78, 5) is 2.30. The van der Waals surface area contributed by atoms with Gasteiger partial charge in [0.15, 0.2) is 0 Å². The molecule has 2 aromatic carbocycles. The topological polar surface area (TPSA) is 12.5 Å². The molecule has 0 amide bonds. The molecule has 0 spiro atoms. The largest absolute Gasteiger partial charge is 0.481 e. The van der Waals surface area contributed by atoms with Crippen LogP contribution in [0.4, 0.5) is 4.39 Å². The van der Waals surface area contributed by atoms with E-state index in [1.54, 1.807) is 6.07 Å². The quantitative estimate of drug-likeness (QED) is 0.789. The normalized spacial score (nSPS) is 26.5. The van der Waals surface area contributed by atoms with Gasteiger partial charge in [-0.1, -0.05) is 36.4 Å². The van der Waals surface area contributed by atoms with E-state index in [1.807, 2.05) is 30.3 Å². The van der Waals surface area contributed by atoms with Crippen molar-refractivity contribution in [2.24, 2.45) is 0 Å². The first-order valence-electron chi connectivity index (χ1n) is 7.42. The predicted molar refractivity (Wildman–Crippen MR) is 87.3 cm³/mol. The van der Waals surface area contributed by atoms with E-state index in [2.05, 4.69) is 18.0 Å². The second kappa shape index (κ2) is 5.56. The molecular weight excluding hydrogens is 301 g/mol. The molecule has 0 N–H and O–H groups in total. The van der Waals surface area contributed by atoms with Gasteiger partial charge in [0.25, 0.3) is 0 Å². The van der Waals surface area contributed by atoms with Gasteiger partial charge in [-0.05, 0) is 19.2 Å². The van der Waals surface area contributed by atoms with Crippen LogP contribution in [-0.4, -0.2) is 25.0 Å². The first-order chi connectivity index (χ1) is 10.2. The van der Waals surface area contributed by atoms with Crippen LogP contribution in [0.5, 0.6) is 5.75 Å². The first-order valence-corrected chi connectivity index (χ1v) is 7.42. The van der Waals surface area contributed by atoms with Gasteiger partial charge in [-0.25, -0.2) is 4.39 Å². The number of piperidine rings is 1. The van der Waals surface area contributed by atoms with E-state index in [1.165, 1.54) is 11.6 Å². The number of para-hydroxylation sites is 1. The number of nitrogens with zero attached hydrogens (tertiary/aromatic N) is 1. The summed E-state index contributed by atoms with van der Waals surface area (Å²) in [5.41, 5.74) is 1.34. The first kappa shape index (κ1) is 15.3. The molecule has 0 saturated carbocycles. The third kappa shape index (κ3) is 2.11. The van der Waals surface area contributed by atoms with Gasteiger partial charge in [0, 0.05) is 36.6 Å². The van der Waals surface area contributed by atoms with Crippen molar-refractivity contribution in [3.05, 3.63) is 65.5 Å². The summed E-state index contributed by atoms with van der Waals surface area (Å²) < 4.78 is 20.8. The molecule has 2 aliphatic heterocycles. The molecule has 2 atom stereocenters. The number of hydrogen-bond donors (Lipinski definition) is 0. The maximum atomic E-state index is 14.4. The summed E-state index contributed by atoms with van der Waals surface area (Å²) in [6.07, 6.45) is 0.809. The van der Waals surface area contributed by atoms with E-state index in [-0.39, 0.29) is 24.1 Å². The molecule has 1 saturated heterocycles. The van der Waals surface area contributed by atoms with Crippen molar-refractivity contribution in [3.8, 4) is 5.75 Å². The van der Waals surface area contributed by atoms with Gasteiger partial charge in [0.2, 0.25) is 0 Å². The highest BCUT2D eigenvalue weighted by Crippen LogP contribution is 2.54.